The molecular formula is C19H22N2O4S. The molecule has 3 aliphatic rings. The van der Waals surface area contributed by atoms with Crippen LogP contribution in [0.15, 0.2) is 17.5 Å². The number of fused-ring (bicyclic) bond motifs is 3. The number of hydrogen-bond donors (Lipinski definition) is 3. The first-order valence-electron chi connectivity index (χ1n) is 9.06. The van der Waals surface area contributed by atoms with E-state index in [0.29, 0.717) is 17.9 Å². The van der Waals surface area contributed by atoms with Crippen LogP contribution in [0.5, 0.6) is 0 Å². The molecule has 0 radical (unpaired) electrons. The van der Waals surface area contributed by atoms with E-state index >= 15 is 0 Å². The molecule has 1 aromatic rings. The Kier molecular flexibility index (Phi) is 4.34. The van der Waals surface area contributed by atoms with Crippen LogP contribution in [0.1, 0.15) is 40.6 Å². The third kappa shape index (κ3) is 2.84. The zero-order chi connectivity index (χ0) is 18.4. The molecule has 0 spiro atoms. The van der Waals surface area contributed by atoms with Crippen molar-refractivity contribution in [2.24, 2.45) is 29.6 Å². The number of aliphatic carboxylic acids is 1. The minimum atomic E-state index is -0.950. The van der Waals surface area contributed by atoms with E-state index in [1.54, 1.807) is 11.3 Å². The molecule has 138 valence electrons. The lowest BCUT2D eigenvalue weighted by molar-refractivity contribution is -0.148. The largest absolute Gasteiger partial charge is 0.481 e. The van der Waals surface area contributed by atoms with Gasteiger partial charge in [0.05, 0.1) is 17.4 Å². The van der Waals surface area contributed by atoms with Crippen LogP contribution in [-0.4, -0.2) is 22.9 Å². The molecule has 3 aliphatic carbocycles. The number of carboxylic acid groups (broad SMARTS) is 1. The Hall–Kier alpha value is -2.15. The number of hydrogen-bond acceptors (Lipinski definition) is 4. The van der Waals surface area contributed by atoms with Gasteiger partial charge in [0.2, 0.25) is 5.91 Å². The molecule has 3 N–H and O–H groups in total. The van der Waals surface area contributed by atoms with E-state index in [2.05, 4.69) is 17.8 Å². The molecule has 2 amide bonds. The highest BCUT2D eigenvalue weighted by atomic mass is 32.1. The number of rotatable bonds is 3. The normalized spacial score (nSPS) is 31.5. The Labute approximate surface area is 155 Å². The van der Waals surface area contributed by atoms with Crippen molar-refractivity contribution in [1.29, 1.82) is 0 Å². The molecule has 6 nitrogen and oxygen atoms in total. The van der Waals surface area contributed by atoms with Crippen molar-refractivity contribution >= 4 is 29.1 Å². The zero-order valence-electron chi connectivity index (χ0n) is 14.5. The van der Waals surface area contributed by atoms with Crippen LogP contribution in [0, 0.1) is 29.6 Å². The first-order chi connectivity index (χ1) is 12.5. The lowest BCUT2D eigenvalue weighted by atomic mass is 9.82. The number of allylic oxidation sites excluding steroid dienone is 2. The third-order valence-electron chi connectivity index (χ3n) is 5.99. The van der Waals surface area contributed by atoms with E-state index in [0.717, 1.165) is 24.8 Å². The van der Waals surface area contributed by atoms with E-state index in [-0.39, 0.29) is 17.7 Å². The maximum Gasteiger partial charge on any atom is 0.307 e. The monoisotopic (exact) mass is 374 g/mol. The van der Waals surface area contributed by atoms with Gasteiger partial charge in [-0.1, -0.05) is 19.1 Å². The van der Waals surface area contributed by atoms with Gasteiger partial charge in [-0.15, -0.1) is 11.3 Å². The first kappa shape index (κ1) is 17.3. The highest BCUT2D eigenvalue weighted by Gasteiger charge is 2.51. The van der Waals surface area contributed by atoms with Gasteiger partial charge in [0, 0.05) is 10.3 Å². The molecule has 4 rings (SSSR count). The Morgan fingerprint density at radius 1 is 1.15 bits per heavy atom. The SMILES string of the molecule is C[C@@H]1CCc2c(C(=O)NNC(=O)[C@H]3[C@@H](C(=O)O)[C@H]4C=C[C@H]3C4)csc2C1. The molecule has 7 heteroatoms. The number of nitrogens with one attached hydrogen (secondary N) is 2. The lowest BCUT2D eigenvalue weighted by Crippen LogP contribution is -2.48. The van der Waals surface area contributed by atoms with Crippen molar-refractivity contribution in [2.75, 3.05) is 0 Å². The summed E-state index contributed by atoms with van der Waals surface area (Å²) in [6.07, 6.45) is 7.46. The number of carbonyl (C=O) groups is 3. The summed E-state index contributed by atoms with van der Waals surface area (Å²) in [7, 11) is 0. The van der Waals surface area contributed by atoms with Gasteiger partial charge in [0.25, 0.3) is 5.91 Å². The Bertz CT molecular complexity index is 799. The number of carboxylic acids is 1. The zero-order valence-corrected chi connectivity index (χ0v) is 15.3. The van der Waals surface area contributed by atoms with Crippen LogP contribution in [0.2, 0.25) is 0 Å². The summed E-state index contributed by atoms with van der Waals surface area (Å²) in [6, 6.07) is 0. The molecule has 0 aromatic carbocycles. The molecule has 26 heavy (non-hydrogen) atoms. The maximum absolute atomic E-state index is 12.5. The van der Waals surface area contributed by atoms with Gasteiger partial charge in [-0.05, 0) is 49.0 Å². The van der Waals surface area contributed by atoms with Crippen molar-refractivity contribution in [2.45, 2.75) is 32.6 Å². The fourth-order valence-corrected chi connectivity index (χ4v) is 5.90. The summed E-state index contributed by atoms with van der Waals surface area (Å²) in [4.78, 5) is 37.8. The van der Waals surface area contributed by atoms with E-state index < -0.39 is 23.7 Å². The van der Waals surface area contributed by atoms with E-state index in [1.165, 1.54) is 4.88 Å². The molecule has 1 saturated carbocycles. The molecule has 2 bridgehead atoms. The molecular weight excluding hydrogens is 352 g/mol. The second-order valence-electron chi connectivity index (χ2n) is 7.68. The van der Waals surface area contributed by atoms with Gasteiger partial charge in [-0.3, -0.25) is 25.2 Å². The number of thiophene rings is 1. The van der Waals surface area contributed by atoms with Gasteiger partial charge < -0.3 is 5.11 Å². The topological polar surface area (TPSA) is 95.5 Å². The highest BCUT2D eigenvalue weighted by Crippen LogP contribution is 2.48. The Morgan fingerprint density at radius 2 is 1.88 bits per heavy atom. The molecule has 5 atom stereocenters. The summed E-state index contributed by atoms with van der Waals surface area (Å²) < 4.78 is 0. The van der Waals surface area contributed by atoms with Crippen molar-refractivity contribution in [3.05, 3.63) is 33.5 Å². The molecule has 1 heterocycles. The van der Waals surface area contributed by atoms with Crippen molar-refractivity contribution in [3.8, 4) is 0 Å². The first-order valence-corrected chi connectivity index (χ1v) is 9.94. The van der Waals surface area contributed by atoms with Crippen molar-refractivity contribution < 1.29 is 19.5 Å². The van der Waals surface area contributed by atoms with Gasteiger partial charge in [0.1, 0.15) is 0 Å². The average molecular weight is 374 g/mol. The van der Waals surface area contributed by atoms with E-state index in [1.807, 2.05) is 17.5 Å². The molecule has 0 saturated heterocycles. The fraction of sp³-hybridized carbons (Fsp3) is 0.526. The number of hydrazine groups is 1. The van der Waals surface area contributed by atoms with Gasteiger partial charge >= 0.3 is 5.97 Å². The standard InChI is InChI=1S/C19H22N2O4S/c1-9-2-5-12-13(8-26-14(12)6-9)17(22)20-21-18(23)15-10-3-4-11(7-10)16(15)19(24)25/h3-4,8-11,15-16H,2,5-7H2,1H3,(H,20,22)(H,21,23)(H,24,25)/t9-,10+,11+,15-,16+/m1/s1. The predicted octanol–water partition coefficient (Wildman–Crippen LogP) is 2.16. The molecule has 1 aromatic heterocycles. The fourth-order valence-electron chi connectivity index (χ4n) is 4.65. The summed E-state index contributed by atoms with van der Waals surface area (Å²) >= 11 is 1.60. The van der Waals surface area contributed by atoms with Crippen LogP contribution in [-0.2, 0) is 22.4 Å². The van der Waals surface area contributed by atoms with Crippen LogP contribution < -0.4 is 10.9 Å². The predicted molar refractivity (Wildman–Crippen MR) is 96.5 cm³/mol. The third-order valence-corrected chi connectivity index (χ3v) is 7.04. The second-order valence-corrected chi connectivity index (χ2v) is 8.64. The van der Waals surface area contributed by atoms with Crippen LogP contribution in [0.3, 0.4) is 0 Å². The molecule has 0 unspecified atom stereocenters. The van der Waals surface area contributed by atoms with E-state index in [4.69, 9.17) is 0 Å². The van der Waals surface area contributed by atoms with E-state index in [9.17, 15) is 19.5 Å². The maximum atomic E-state index is 12.5. The van der Waals surface area contributed by atoms with Crippen molar-refractivity contribution in [3.63, 3.8) is 0 Å². The van der Waals surface area contributed by atoms with Gasteiger partial charge in [-0.25, -0.2) is 0 Å². The minimum Gasteiger partial charge on any atom is -0.481 e. The molecule has 1 fully saturated rings. The summed E-state index contributed by atoms with van der Waals surface area (Å²) in [5.74, 6) is -2.54. The Balaban J connectivity index is 1.41. The smallest absolute Gasteiger partial charge is 0.307 e. The quantitative estimate of drug-likeness (QED) is 0.558. The number of carbonyl (C=O) groups excluding carboxylic acids is 2. The number of amides is 2. The van der Waals surface area contributed by atoms with Gasteiger partial charge in [0.15, 0.2) is 0 Å². The van der Waals surface area contributed by atoms with Crippen LogP contribution in [0.4, 0.5) is 0 Å². The van der Waals surface area contributed by atoms with Crippen LogP contribution in [0.25, 0.3) is 0 Å². The Morgan fingerprint density at radius 3 is 2.62 bits per heavy atom. The van der Waals surface area contributed by atoms with Crippen molar-refractivity contribution in [1.82, 2.24) is 10.9 Å². The minimum absolute atomic E-state index is 0.0617. The second kappa shape index (κ2) is 6.54. The summed E-state index contributed by atoms with van der Waals surface area (Å²) in [6.45, 7) is 2.21. The molecule has 0 aliphatic heterocycles. The summed E-state index contributed by atoms with van der Waals surface area (Å²) in [5, 5.41) is 11.3. The lowest BCUT2D eigenvalue weighted by Gasteiger charge is -2.24. The highest BCUT2D eigenvalue weighted by molar-refractivity contribution is 7.10. The average Bonchev–Trinajstić information content (AvgIpc) is 3.32. The van der Waals surface area contributed by atoms with Gasteiger partial charge in [-0.2, -0.15) is 0 Å². The van der Waals surface area contributed by atoms with Crippen LogP contribution >= 0.6 is 11.3 Å². The summed E-state index contributed by atoms with van der Waals surface area (Å²) in [5.41, 5.74) is 6.67.